The molecule has 0 spiro atoms. The molecule has 1 heterocycles. The van der Waals surface area contributed by atoms with Gasteiger partial charge in [-0.3, -0.25) is 5.43 Å². The second kappa shape index (κ2) is 5.71. The Kier molecular flexibility index (Phi) is 3.60. The molecule has 20 heavy (non-hydrogen) atoms. The molecule has 0 fully saturated rings. The molecule has 1 N–H and O–H groups in total. The molecule has 0 bridgehead atoms. The number of hydrogen-bond donors (Lipinski definition) is 1. The van der Waals surface area contributed by atoms with E-state index < -0.39 is 0 Å². The predicted octanol–water partition coefficient (Wildman–Crippen LogP) is 3.75. The lowest BCUT2D eigenvalue weighted by Crippen LogP contribution is -1.93. The van der Waals surface area contributed by atoms with Gasteiger partial charge in [-0.2, -0.15) is 5.10 Å². The number of methoxy groups -OCH3 is 1. The summed E-state index contributed by atoms with van der Waals surface area (Å²) in [7, 11) is 1.65. The lowest BCUT2D eigenvalue weighted by molar-refractivity contribution is 0.414. The highest BCUT2D eigenvalue weighted by molar-refractivity contribution is 7.22. The molecular formula is C15H13N3OS. The van der Waals surface area contributed by atoms with Crippen LogP contribution in [-0.4, -0.2) is 18.3 Å². The summed E-state index contributed by atoms with van der Waals surface area (Å²) in [6, 6.07) is 15.7. The number of benzene rings is 2. The van der Waals surface area contributed by atoms with Crippen LogP contribution in [0.3, 0.4) is 0 Å². The fraction of sp³-hybridized carbons (Fsp3) is 0.0667. The first-order chi connectivity index (χ1) is 9.86. The zero-order chi connectivity index (χ0) is 13.8. The van der Waals surface area contributed by atoms with Crippen molar-refractivity contribution in [2.75, 3.05) is 12.5 Å². The number of ether oxygens (including phenoxy) is 1. The number of nitrogens with zero attached hydrogens (tertiary/aromatic N) is 2. The first kappa shape index (κ1) is 12.6. The maximum Gasteiger partial charge on any atom is 0.204 e. The van der Waals surface area contributed by atoms with Gasteiger partial charge in [0.25, 0.3) is 0 Å². The maximum atomic E-state index is 5.26. The minimum absolute atomic E-state index is 0.775. The summed E-state index contributed by atoms with van der Waals surface area (Å²) in [4.78, 5) is 4.45. The van der Waals surface area contributed by atoms with Crippen LogP contribution in [0.2, 0.25) is 0 Å². The van der Waals surface area contributed by atoms with Gasteiger partial charge in [-0.25, -0.2) is 4.98 Å². The Hall–Kier alpha value is -2.40. The van der Waals surface area contributed by atoms with Gasteiger partial charge in [-0.15, -0.1) is 0 Å². The molecule has 0 aliphatic carbocycles. The van der Waals surface area contributed by atoms with Crippen molar-refractivity contribution in [3.63, 3.8) is 0 Å². The molecule has 0 atom stereocenters. The van der Waals surface area contributed by atoms with Gasteiger partial charge in [-0.05, 0) is 24.3 Å². The van der Waals surface area contributed by atoms with Gasteiger partial charge in [0.1, 0.15) is 5.75 Å². The Morgan fingerprint density at radius 2 is 1.95 bits per heavy atom. The maximum absolute atomic E-state index is 5.26. The third kappa shape index (κ3) is 2.62. The summed E-state index contributed by atoms with van der Waals surface area (Å²) < 4.78 is 6.41. The average Bonchev–Trinajstić information content (AvgIpc) is 2.90. The molecule has 0 unspecified atom stereocenters. The second-order valence-electron chi connectivity index (χ2n) is 4.10. The summed E-state index contributed by atoms with van der Waals surface area (Å²) in [5.41, 5.74) is 4.85. The van der Waals surface area contributed by atoms with Crippen molar-refractivity contribution in [3.05, 3.63) is 54.1 Å². The minimum atomic E-state index is 0.775. The van der Waals surface area contributed by atoms with E-state index in [0.717, 1.165) is 26.7 Å². The third-order valence-corrected chi connectivity index (χ3v) is 3.74. The standard InChI is InChI=1S/C15H13N3OS/c1-19-13-8-4-2-6-11(13)10-16-18-15-17-12-7-3-5-9-14(12)20-15/h2-10H,1H3,(H,17,18). The van der Waals surface area contributed by atoms with Gasteiger partial charge < -0.3 is 4.74 Å². The largest absolute Gasteiger partial charge is 0.496 e. The van der Waals surface area contributed by atoms with Crippen LogP contribution in [0, 0.1) is 0 Å². The number of hydrogen-bond acceptors (Lipinski definition) is 5. The van der Waals surface area contributed by atoms with E-state index in [1.165, 1.54) is 0 Å². The Labute approximate surface area is 120 Å². The van der Waals surface area contributed by atoms with Gasteiger partial charge in [-0.1, -0.05) is 35.6 Å². The van der Waals surface area contributed by atoms with Crippen molar-refractivity contribution >= 4 is 32.9 Å². The topological polar surface area (TPSA) is 46.5 Å². The molecule has 0 amide bonds. The molecule has 3 aromatic rings. The highest BCUT2D eigenvalue weighted by Gasteiger charge is 2.01. The van der Waals surface area contributed by atoms with Crippen LogP contribution >= 0.6 is 11.3 Å². The van der Waals surface area contributed by atoms with Crippen LogP contribution < -0.4 is 10.2 Å². The normalized spacial score (nSPS) is 11.1. The van der Waals surface area contributed by atoms with Crippen molar-refractivity contribution in [1.29, 1.82) is 0 Å². The lowest BCUT2D eigenvalue weighted by atomic mass is 10.2. The Bertz CT molecular complexity index is 718. The van der Waals surface area contributed by atoms with E-state index in [0.29, 0.717) is 0 Å². The molecule has 0 saturated heterocycles. The number of thiazole rings is 1. The van der Waals surface area contributed by atoms with Crippen LogP contribution in [0.5, 0.6) is 5.75 Å². The Balaban J connectivity index is 1.77. The number of hydrazone groups is 1. The smallest absolute Gasteiger partial charge is 0.204 e. The van der Waals surface area contributed by atoms with Crippen molar-refractivity contribution in [1.82, 2.24) is 4.98 Å². The fourth-order valence-electron chi connectivity index (χ4n) is 1.85. The SMILES string of the molecule is COc1ccccc1C=NNc1nc2ccccc2s1. The highest BCUT2D eigenvalue weighted by Crippen LogP contribution is 2.25. The molecule has 100 valence electrons. The summed E-state index contributed by atoms with van der Waals surface area (Å²) in [6.07, 6.45) is 1.73. The molecule has 2 aromatic carbocycles. The quantitative estimate of drug-likeness (QED) is 0.586. The van der Waals surface area contributed by atoms with Crippen molar-refractivity contribution in [3.8, 4) is 5.75 Å². The van der Waals surface area contributed by atoms with Gasteiger partial charge >= 0.3 is 0 Å². The van der Waals surface area contributed by atoms with E-state index in [1.54, 1.807) is 24.7 Å². The molecule has 4 nitrogen and oxygen atoms in total. The van der Waals surface area contributed by atoms with Crippen LogP contribution in [0.25, 0.3) is 10.2 Å². The molecule has 0 radical (unpaired) electrons. The Morgan fingerprint density at radius 1 is 1.15 bits per heavy atom. The first-order valence-corrected chi connectivity index (χ1v) is 6.96. The summed E-state index contributed by atoms with van der Waals surface area (Å²) in [6.45, 7) is 0. The van der Waals surface area contributed by atoms with Crippen molar-refractivity contribution in [2.24, 2.45) is 5.10 Å². The van der Waals surface area contributed by atoms with Gasteiger partial charge in [0.05, 0.1) is 23.5 Å². The number of fused-ring (bicyclic) bond motifs is 1. The molecular weight excluding hydrogens is 270 g/mol. The zero-order valence-electron chi connectivity index (χ0n) is 10.9. The zero-order valence-corrected chi connectivity index (χ0v) is 11.7. The molecule has 0 aliphatic rings. The van der Waals surface area contributed by atoms with E-state index >= 15 is 0 Å². The fourth-order valence-corrected chi connectivity index (χ4v) is 2.67. The van der Waals surface area contributed by atoms with Crippen LogP contribution in [0.4, 0.5) is 5.13 Å². The van der Waals surface area contributed by atoms with E-state index in [4.69, 9.17) is 4.74 Å². The Morgan fingerprint density at radius 3 is 2.80 bits per heavy atom. The summed E-state index contributed by atoms with van der Waals surface area (Å²) in [5, 5.41) is 4.98. The number of aromatic nitrogens is 1. The summed E-state index contributed by atoms with van der Waals surface area (Å²) in [5.74, 6) is 0.794. The molecule has 3 rings (SSSR count). The van der Waals surface area contributed by atoms with E-state index in [2.05, 4.69) is 15.5 Å². The monoisotopic (exact) mass is 283 g/mol. The molecule has 5 heteroatoms. The predicted molar refractivity (Wildman–Crippen MR) is 83.8 cm³/mol. The average molecular weight is 283 g/mol. The number of nitrogens with one attached hydrogen (secondary N) is 1. The number of anilines is 1. The van der Waals surface area contributed by atoms with Crippen LogP contribution in [0.1, 0.15) is 5.56 Å². The number of rotatable bonds is 4. The second-order valence-corrected chi connectivity index (χ2v) is 5.13. The molecule has 0 aliphatic heterocycles. The van der Waals surface area contributed by atoms with Gasteiger partial charge in [0.2, 0.25) is 5.13 Å². The molecule has 1 aromatic heterocycles. The van der Waals surface area contributed by atoms with Crippen LogP contribution in [0.15, 0.2) is 53.6 Å². The first-order valence-electron chi connectivity index (χ1n) is 6.14. The lowest BCUT2D eigenvalue weighted by Gasteiger charge is -2.02. The minimum Gasteiger partial charge on any atom is -0.496 e. The third-order valence-electron chi connectivity index (χ3n) is 2.80. The van der Waals surface area contributed by atoms with E-state index in [1.807, 2.05) is 48.5 Å². The summed E-state index contributed by atoms with van der Waals surface area (Å²) >= 11 is 1.58. The highest BCUT2D eigenvalue weighted by atomic mass is 32.1. The van der Waals surface area contributed by atoms with Gasteiger partial charge in [0, 0.05) is 5.56 Å². The van der Waals surface area contributed by atoms with Crippen molar-refractivity contribution < 1.29 is 4.74 Å². The van der Waals surface area contributed by atoms with E-state index in [9.17, 15) is 0 Å². The molecule has 0 saturated carbocycles. The number of para-hydroxylation sites is 2. The van der Waals surface area contributed by atoms with Crippen molar-refractivity contribution in [2.45, 2.75) is 0 Å². The van der Waals surface area contributed by atoms with Gasteiger partial charge in [0.15, 0.2) is 0 Å². The van der Waals surface area contributed by atoms with Crippen LogP contribution in [-0.2, 0) is 0 Å². The van der Waals surface area contributed by atoms with E-state index in [-0.39, 0.29) is 0 Å².